The first-order valence-electron chi connectivity index (χ1n) is 6.55. The number of carbonyl (C=O) groups excluding carboxylic acids is 1. The van der Waals surface area contributed by atoms with Crippen LogP contribution >= 0.6 is 0 Å². The van der Waals surface area contributed by atoms with Crippen molar-refractivity contribution in [1.82, 2.24) is 14.8 Å². The number of esters is 1. The van der Waals surface area contributed by atoms with Gasteiger partial charge in [0, 0.05) is 24.5 Å². The Morgan fingerprint density at radius 3 is 3.00 bits per heavy atom. The van der Waals surface area contributed by atoms with E-state index in [1.54, 1.807) is 12.3 Å². The monoisotopic (exact) mass is 272 g/mol. The lowest BCUT2D eigenvalue weighted by atomic mass is 10.2. The number of hydrogen-bond acceptors (Lipinski definition) is 5. The van der Waals surface area contributed by atoms with Crippen molar-refractivity contribution in [3.63, 3.8) is 0 Å². The summed E-state index contributed by atoms with van der Waals surface area (Å²) in [5, 5.41) is 4.50. The number of aromatic nitrogens is 3. The van der Waals surface area contributed by atoms with E-state index >= 15 is 0 Å². The summed E-state index contributed by atoms with van der Waals surface area (Å²) in [6.07, 6.45) is 6.12. The van der Waals surface area contributed by atoms with Crippen LogP contribution < -0.4 is 5.73 Å². The molecule has 0 atom stereocenters. The molecule has 1 aliphatic carbocycles. The van der Waals surface area contributed by atoms with E-state index in [1.807, 2.05) is 16.9 Å². The van der Waals surface area contributed by atoms with Crippen LogP contribution in [0.25, 0.3) is 11.3 Å². The van der Waals surface area contributed by atoms with Crippen LogP contribution in [0, 0.1) is 5.92 Å². The van der Waals surface area contributed by atoms with Gasteiger partial charge in [0.15, 0.2) is 5.69 Å². The Morgan fingerprint density at radius 1 is 1.55 bits per heavy atom. The topological polar surface area (TPSA) is 83.0 Å². The SMILES string of the molecule is COC(=O)c1ncc(-c2ccn(CC3CC3)n2)cc1N. The molecule has 2 N–H and O–H groups in total. The molecule has 1 fully saturated rings. The average Bonchev–Trinajstić information content (AvgIpc) is 3.13. The number of rotatable bonds is 4. The van der Waals surface area contributed by atoms with Gasteiger partial charge in [0.05, 0.1) is 18.5 Å². The summed E-state index contributed by atoms with van der Waals surface area (Å²) in [7, 11) is 1.30. The molecule has 104 valence electrons. The molecule has 0 unspecified atom stereocenters. The van der Waals surface area contributed by atoms with Crippen molar-refractivity contribution < 1.29 is 9.53 Å². The number of carbonyl (C=O) groups is 1. The molecule has 1 saturated carbocycles. The van der Waals surface area contributed by atoms with E-state index in [-0.39, 0.29) is 5.69 Å². The number of ether oxygens (including phenoxy) is 1. The van der Waals surface area contributed by atoms with Crippen molar-refractivity contribution in [1.29, 1.82) is 0 Å². The average molecular weight is 272 g/mol. The van der Waals surface area contributed by atoms with Crippen molar-refractivity contribution in [3.05, 3.63) is 30.2 Å². The van der Waals surface area contributed by atoms with Crippen molar-refractivity contribution >= 4 is 11.7 Å². The molecule has 0 spiro atoms. The van der Waals surface area contributed by atoms with Crippen LogP contribution in [0.1, 0.15) is 23.3 Å². The smallest absolute Gasteiger partial charge is 0.358 e. The quantitative estimate of drug-likeness (QED) is 0.857. The fourth-order valence-electron chi connectivity index (χ4n) is 2.07. The fourth-order valence-corrected chi connectivity index (χ4v) is 2.07. The lowest BCUT2D eigenvalue weighted by molar-refractivity contribution is 0.0595. The highest BCUT2D eigenvalue weighted by atomic mass is 16.5. The van der Waals surface area contributed by atoms with Gasteiger partial charge in [-0.1, -0.05) is 0 Å². The van der Waals surface area contributed by atoms with Crippen LogP contribution in [0.2, 0.25) is 0 Å². The molecule has 0 aliphatic heterocycles. The molecule has 0 aromatic carbocycles. The van der Waals surface area contributed by atoms with Gasteiger partial charge < -0.3 is 10.5 Å². The number of nitrogen functional groups attached to an aromatic ring is 1. The number of methoxy groups -OCH3 is 1. The molecule has 2 aromatic rings. The molecule has 0 saturated heterocycles. The minimum absolute atomic E-state index is 0.133. The Labute approximate surface area is 116 Å². The first-order chi connectivity index (χ1) is 9.67. The van der Waals surface area contributed by atoms with Crippen LogP contribution in [0.5, 0.6) is 0 Å². The minimum atomic E-state index is -0.534. The molecule has 3 rings (SSSR count). The van der Waals surface area contributed by atoms with Crippen molar-refractivity contribution in [2.75, 3.05) is 12.8 Å². The predicted molar refractivity (Wildman–Crippen MR) is 73.9 cm³/mol. The van der Waals surface area contributed by atoms with E-state index in [9.17, 15) is 4.79 Å². The largest absolute Gasteiger partial charge is 0.464 e. The zero-order chi connectivity index (χ0) is 14.1. The third-order valence-electron chi connectivity index (χ3n) is 3.37. The highest BCUT2D eigenvalue weighted by Crippen LogP contribution is 2.30. The molecule has 0 radical (unpaired) electrons. The summed E-state index contributed by atoms with van der Waals surface area (Å²) in [4.78, 5) is 15.5. The van der Waals surface area contributed by atoms with Gasteiger partial charge in [-0.2, -0.15) is 5.10 Å². The van der Waals surface area contributed by atoms with Gasteiger partial charge in [-0.15, -0.1) is 0 Å². The van der Waals surface area contributed by atoms with Crippen LogP contribution in [-0.2, 0) is 11.3 Å². The fraction of sp³-hybridized carbons (Fsp3) is 0.357. The number of pyridine rings is 1. The third kappa shape index (κ3) is 2.49. The maximum Gasteiger partial charge on any atom is 0.358 e. The van der Waals surface area contributed by atoms with Gasteiger partial charge in [0.25, 0.3) is 0 Å². The van der Waals surface area contributed by atoms with E-state index < -0.39 is 5.97 Å². The maximum absolute atomic E-state index is 11.4. The summed E-state index contributed by atoms with van der Waals surface area (Å²) in [5.74, 6) is 0.237. The number of nitrogens with two attached hydrogens (primary N) is 1. The summed E-state index contributed by atoms with van der Waals surface area (Å²) in [6, 6.07) is 3.62. The molecule has 1 aliphatic rings. The van der Waals surface area contributed by atoms with Crippen LogP contribution in [0.3, 0.4) is 0 Å². The molecular formula is C14H16N4O2. The minimum Gasteiger partial charge on any atom is -0.464 e. The second-order valence-corrected chi connectivity index (χ2v) is 5.02. The van der Waals surface area contributed by atoms with Crippen LogP contribution in [-0.4, -0.2) is 27.8 Å². The van der Waals surface area contributed by atoms with Gasteiger partial charge in [0.2, 0.25) is 0 Å². The second-order valence-electron chi connectivity index (χ2n) is 5.02. The zero-order valence-electron chi connectivity index (χ0n) is 11.2. The van der Waals surface area contributed by atoms with E-state index in [1.165, 1.54) is 20.0 Å². The van der Waals surface area contributed by atoms with Gasteiger partial charge in [0.1, 0.15) is 0 Å². The number of anilines is 1. The lowest BCUT2D eigenvalue weighted by Crippen LogP contribution is -2.08. The molecule has 0 amide bonds. The van der Waals surface area contributed by atoms with E-state index in [4.69, 9.17) is 5.73 Å². The van der Waals surface area contributed by atoms with Crippen LogP contribution in [0.4, 0.5) is 5.69 Å². The van der Waals surface area contributed by atoms with Crippen molar-refractivity contribution in [2.24, 2.45) is 5.92 Å². The summed E-state index contributed by atoms with van der Waals surface area (Å²) in [6.45, 7) is 0.961. The zero-order valence-corrected chi connectivity index (χ0v) is 11.2. The molecule has 2 heterocycles. The molecule has 2 aromatic heterocycles. The summed E-state index contributed by atoms with van der Waals surface area (Å²) < 4.78 is 6.56. The molecule has 6 heteroatoms. The van der Waals surface area contributed by atoms with Crippen molar-refractivity contribution in [2.45, 2.75) is 19.4 Å². The Kier molecular flexibility index (Phi) is 3.14. The molecule has 20 heavy (non-hydrogen) atoms. The van der Waals surface area contributed by atoms with Crippen molar-refractivity contribution in [3.8, 4) is 11.3 Å². The number of nitrogens with zero attached hydrogens (tertiary/aromatic N) is 3. The summed E-state index contributed by atoms with van der Waals surface area (Å²) >= 11 is 0. The molecular weight excluding hydrogens is 256 g/mol. The standard InChI is InChI=1S/C14H16N4O2/c1-20-14(19)13-11(15)6-10(7-16-13)12-4-5-18(17-12)8-9-2-3-9/h4-7,9H,2-3,8,15H2,1H3. The van der Waals surface area contributed by atoms with E-state index in [0.717, 1.165) is 23.7 Å². The Balaban J connectivity index is 1.84. The van der Waals surface area contributed by atoms with Gasteiger partial charge in [-0.05, 0) is 30.9 Å². The van der Waals surface area contributed by atoms with E-state index in [0.29, 0.717) is 5.69 Å². The van der Waals surface area contributed by atoms with E-state index in [2.05, 4.69) is 14.8 Å². The highest BCUT2D eigenvalue weighted by Gasteiger charge is 2.22. The second kappa shape index (κ2) is 4.96. The maximum atomic E-state index is 11.4. The van der Waals surface area contributed by atoms with Crippen LogP contribution in [0.15, 0.2) is 24.5 Å². The Hall–Kier alpha value is -2.37. The Bertz CT molecular complexity index is 646. The predicted octanol–water partition coefficient (Wildman–Crippen LogP) is 1.72. The van der Waals surface area contributed by atoms with Gasteiger partial charge >= 0.3 is 5.97 Å². The molecule has 6 nitrogen and oxygen atoms in total. The highest BCUT2D eigenvalue weighted by molar-refractivity contribution is 5.93. The lowest BCUT2D eigenvalue weighted by Gasteiger charge is -2.04. The first-order valence-corrected chi connectivity index (χ1v) is 6.55. The third-order valence-corrected chi connectivity index (χ3v) is 3.37. The normalized spacial score (nSPS) is 14.2. The molecule has 0 bridgehead atoms. The Morgan fingerprint density at radius 2 is 2.35 bits per heavy atom. The number of hydrogen-bond donors (Lipinski definition) is 1. The van der Waals surface area contributed by atoms with Gasteiger partial charge in [-0.3, -0.25) is 4.68 Å². The summed E-state index contributed by atoms with van der Waals surface area (Å²) in [5.41, 5.74) is 7.87. The first kappa shape index (κ1) is 12.7. The van der Waals surface area contributed by atoms with Gasteiger partial charge in [-0.25, -0.2) is 9.78 Å².